The van der Waals surface area contributed by atoms with E-state index in [0.717, 1.165) is 10.6 Å². The van der Waals surface area contributed by atoms with E-state index in [9.17, 15) is 14.1 Å². The first-order valence-electron chi connectivity index (χ1n) is 9.42. The van der Waals surface area contributed by atoms with Gasteiger partial charge in [-0.2, -0.15) is 0 Å². The maximum atomic E-state index is 13.6. The molecule has 10 nitrogen and oxygen atoms in total. The minimum absolute atomic E-state index is 0.00282. The van der Waals surface area contributed by atoms with Crippen LogP contribution in [0, 0.1) is 10.8 Å². The molecule has 2 aromatic rings. The monoisotopic (exact) mass is 417 g/mol. The molecular formula is C19H24FN7O3. The van der Waals surface area contributed by atoms with Crippen molar-refractivity contribution < 1.29 is 13.9 Å². The lowest BCUT2D eigenvalue weighted by Crippen LogP contribution is -2.62. The number of amides is 1. The van der Waals surface area contributed by atoms with Gasteiger partial charge in [0, 0.05) is 42.2 Å². The van der Waals surface area contributed by atoms with Crippen LogP contribution >= 0.6 is 0 Å². The number of hydrogen-bond donors (Lipinski definition) is 3. The van der Waals surface area contributed by atoms with Gasteiger partial charge in [-0.05, 0) is 19.1 Å². The van der Waals surface area contributed by atoms with Crippen LogP contribution in [0.25, 0.3) is 11.1 Å². The first kappa shape index (κ1) is 21.5. The largest absolute Gasteiger partial charge is 0.481 e. The molecule has 3 heterocycles. The average Bonchev–Trinajstić information content (AvgIpc) is 2.75. The maximum absolute atomic E-state index is 13.6. The lowest BCUT2D eigenvalue weighted by atomic mass is 9.94. The van der Waals surface area contributed by atoms with E-state index in [2.05, 4.69) is 25.9 Å². The fraction of sp³-hybridized carbons (Fsp3) is 0.421. The molecule has 4 unspecified atom stereocenters. The number of halogens is 1. The number of hydrogen-bond acceptors (Lipinski definition) is 8. The second-order valence-electron chi connectivity index (χ2n) is 7.04. The van der Waals surface area contributed by atoms with Crippen LogP contribution in [-0.4, -0.2) is 59.5 Å². The van der Waals surface area contributed by atoms with Crippen molar-refractivity contribution in [1.82, 2.24) is 20.3 Å². The molecule has 1 aliphatic heterocycles. The zero-order chi connectivity index (χ0) is 21.7. The lowest BCUT2D eigenvalue weighted by Gasteiger charge is -2.39. The number of carbonyl (C=O) groups is 1. The summed E-state index contributed by atoms with van der Waals surface area (Å²) >= 11 is 0. The predicted octanol–water partition coefficient (Wildman–Crippen LogP) is 1.30. The van der Waals surface area contributed by atoms with Crippen LogP contribution in [0.2, 0.25) is 0 Å². The van der Waals surface area contributed by atoms with E-state index in [1.54, 1.807) is 31.5 Å². The predicted molar refractivity (Wildman–Crippen MR) is 109 cm³/mol. The van der Waals surface area contributed by atoms with Gasteiger partial charge in [-0.15, -0.1) is 4.91 Å². The Kier molecular flexibility index (Phi) is 6.85. The van der Waals surface area contributed by atoms with Crippen LogP contribution in [0.3, 0.4) is 0 Å². The second-order valence-corrected chi connectivity index (χ2v) is 7.04. The van der Waals surface area contributed by atoms with Gasteiger partial charge in [-0.3, -0.25) is 15.1 Å². The summed E-state index contributed by atoms with van der Waals surface area (Å²) in [7, 11) is 1.52. The highest BCUT2D eigenvalue weighted by Gasteiger charge is 2.40. The van der Waals surface area contributed by atoms with E-state index in [1.165, 1.54) is 13.3 Å². The summed E-state index contributed by atoms with van der Waals surface area (Å²) in [5.74, 6) is -0.840. The number of carbonyl (C=O) groups excluding carboxylic acids is 1. The molecule has 0 spiro atoms. The van der Waals surface area contributed by atoms with Crippen molar-refractivity contribution >= 4 is 11.6 Å². The molecule has 4 N–H and O–H groups in total. The molecule has 0 radical (unpaired) electrons. The van der Waals surface area contributed by atoms with E-state index in [4.69, 9.17) is 10.5 Å². The van der Waals surface area contributed by atoms with Gasteiger partial charge in [-0.1, -0.05) is 0 Å². The number of nitrogens with one attached hydrogen (secondary N) is 2. The Hall–Kier alpha value is -3.18. The molecule has 1 amide bonds. The summed E-state index contributed by atoms with van der Waals surface area (Å²) in [5, 5.41) is 9.53. The van der Waals surface area contributed by atoms with Crippen molar-refractivity contribution in [3.63, 3.8) is 0 Å². The molecule has 0 bridgehead atoms. The minimum Gasteiger partial charge on any atom is -0.481 e. The van der Waals surface area contributed by atoms with Gasteiger partial charge in [0.15, 0.2) is 0 Å². The number of nitrogens with two attached hydrogens (primary N) is 1. The quantitative estimate of drug-likeness (QED) is 0.574. The third-order valence-electron chi connectivity index (χ3n) is 4.90. The van der Waals surface area contributed by atoms with Crippen LogP contribution in [0.15, 0.2) is 42.1 Å². The fourth-order valence-corrected chi connectivity index (χ4v) is 3.42. The van der Waals surface area contributed by atoms with Gasteiger partial charge >= 0.3 is 0 Å². The fourth-order valence-electron chi connectivity index (χ4n) is 3.42. The number of aromatic nitrogens is 2. The number of methoxy groups -OCH3 is 1. The number of alkyl halides is 1. The summed E-state index contributed by atoms with van der Waals surface area (Å²) in [4.78, 5) is 32.6. The van der Waals surface area contributed by atoms with Crippen LogP contribution in [0.5, 0.6) is 5.88 Å². The smallest absolute Gasteiger partial charge is 0.232 e. The topological polar surface area (TPSA) is 135 Å². The van der Waals surface area contributed by atoms with Crippen molar-refractivity contribution in [1.29, 1.82) is 0 Å². The Balaban J connectivity index is 1.85. The first-order valence-corrected chi connectivity index (χ1v) is 9.42. The summed E-state index contributed by atoms with van der Waals surface area (Å²) in [6, 6.07) is 4.62. The number of pyridine rings is 2. The van der Waals surface area contributed by atoms with Gasteiger partial charge in [0.1, 0.15) is 12.3 Å². The molecule has 160 valence electrons. The zero-order valence-corrected chi connectivity index (χ0v) is 16.7. The minimum atomic E-state index is -1.26. The number of nitroso groups, excluding NO2 is 1. The molecule has 0 saturated carbocycles. The van der Waals surface area contributed by atoms with E-state index < -0.39 is 30.2 Å². The molecule has 11 heteroatoms. The highest BCUT2D eigenvalue weighted by Crippen LogP contribution is 2.28. The SMILES string of the molecule is COc1ccc(-c2ccncc2NC(=O)C(C(C)N)C2NCC(F)CN2N=O)cn1. The lowest BCUT2D eigenvalue weighted by molar-refractivity contribution is -0.124. The molecule has 1 aliphatic rings. The third kappa shape index (κ3) is 4.69. The molecule has 30 heavy (non-hydrogen) atoms. The molecule has 3 rings (SSSR count). The molecule has 1 fully saturated rings. The second kappa shape index (κ2) is 9.55. The molecular weight excluding hydrogens is 393 g/mol. The Bertz CT molecular complexity index is 881. The van der Waals surface area contributed by atoms with Gasteiger partial charge in [-0.25, -0.2) is 14.4 Å². The normalized spacial score (nSPS) is 20.9. The summed E-state index contributed by atoms with van der Waals surface area (Å²) in [6.07, 6.45) is 2.65. The molecule has 0 aliphatic carbocycles. The average molecular weight is 417 g/mol. The highest BCUT2D eigenvalue weighted by molar-refractivity contribution is 5.97. The van der Waals surface area contributed by atoms with Gasteiger partial charge in [0.05, 0.1) is 36.7 Å². The van der Waals surface area contributed by atoms with Crippen molar-refractivity contribution in [3.05, 3.63) is 41.7 Å². The summed E-state index contributed by atoms with van der Waals surface area (Å²) in [6.45, 7) is 1.45. The molecule has 0 aromatic carbocycles. The van der Waals surface area contributed by atoms with Crippen molar-refractivity contribution in [2.75, 3.05) is 25.5 Å². The van der Waals surface area contributed by atoms with Crippen molar-refractivity contribution in [2.24, 2.45) is 16.9 Å². The number of ether oxygens (including phenoxy) is 1. The van der Waals surface area contributed by atoms with Crippen molar-refractivity contribution in [3.8, 4) is 17.0 Å². The van der Waals surface area contributed by atoms with Crippen LogP contribution in [-0.2, 0) is 4.79 Å². The Morgan fingerprint density at radius 2 is 2.23 bits per heavy atom. The van der Waals surface area contributed by atoms with Crippen LogP contribution in [0.1, 0.15) is 6.92 Å². The molecule has 2 aromatic heterocycles. The molecule has 4 atom stereocenters. The Morgan fingerprint density at radius 1 is 1.43 bits per heavy atom. The summed E-state index contributed by atoms with van der Waals surface area (Å²) in [5.41, 5.74) is 7.94. The van der Waals surface area contributed by atoms with E-state index >= 15 is 0 Å². The number of anilines is 1. The van der Waals surface area contributed by atoms with Gasteiger partial charge < -0.3 is 15.8 Å². The highest BCUT2D eigenvalue weighted by atomic mass is 19.1. The maximum Gasteiger partial charge on any atom is 0.232 e. The van der Waals surface area contributed by atoms with E-state index in [-0.39, 0.29) is 13.1 Å². The van der Waals surface area contributed by atoms with Crippen LogP contribution < -0.4 is 21.1 Å². The van der Waals surface area contributed by atoms with Gasteiger partial charge in [0.2, 0.25) is 11.8 Å². The number of rotatable bonds is 7. The molecule has 1 saturated heterocycles. The van der Waals surface area contributed by atoms with Crippen molar-refractivity contribution in [2.45, 2.75) is 25.3 Å². The standard InChI is InChI=1S/C19H24FN7O3/c1-11(21)17(18-24-8-13(20)10-27(18)26-29)19(28)25-15-9-22-6-5-14(15)12-3-4-16(30-2)23-7-12/h3-7,9,11,13,17-18,24H,8,10,21H2,1-2H3,(H,25,28). The van der Waals surface area contributed by atoms with E-state index in [1.807, 2.05) is 6.07 Å². The Morgan fingerprint density at radius 3 is 2.87 bits per heavy atom. The van der Waals surface area contributed by atoms with E-state index in [0.29, 0.717) is 17.1 Å². The zero-order valence-electron chi connectivity index (χ0n) is 16.7. The van der Waals surface area contributed by atoms with Crippen LogP contribution in [0.4, 0.5) is 10.1 Å². The first-order chi connectivity index (χ1) is 14.4. The number of nitrogens with zero attached hydrogens (tertiary/aromatic N) is 4. The van der Waals surface area contributed by atoms with Gasteiger partial charge in [0.25, 0.3) is 0 Å². The summed E-state index contributed by atoms with van der Waals surface area (Å²) < 4.78 is 18.7. The third-order valence-corrected chi connectivity index (χ3v) is 4.90. The Labute approximate surface area is 173 Å².